The molecule has 1 fully saturated rings. The summed E-state index contributed by atoms with van der Waals surface area (Å²) in [7, 11) is 0. The molecule has 1 unspecified atom stereocenters. The van der Waals surface area contributed by atoms with Crippen molar-refractivity contribution >= 4 is 11.7 Å². The van der Waals surface area contributed by atoms with Crippen LogP contribution in [0.1, 0.15) is 24.6 Å². The SMILES string of the molecule is NC(=O)CNc1cc(C2CCCO2)ncn1. The van der Waals surface area contributed by atoms with Crippen LogP contribution in [0.15, 0.2) is 12.4 Å². The highest BCUT2D eigenvalue weighted by atomic mass is 16.5. The summed E-state index contributed by atoms with van der Waals surface area (Å²) < 4.78 is 5.51. The summed E-state index contributed by atoms with van der Waals surface area (Å²) in [5.41, 5.74) is 5.88. The number of nitrogens with zero attached hydrogens (tertiary/aromatic N) is 2. The zero-order valence-electron chi connectivity index (χ0n) is 8.85. The number of carbonyl (C=O) groups is 1. The van der Waals surface area contributed by atoms with E-state index in [0.29, 0.717) is 5.82 Å². The van der Waals surface area contributed by atoms with Crippen molar-refractivity contribution in [3.8, 4) is 0 Å². The van der Waals surface area contributed by atoms with E-state index in [1.807, 2.05) is 0 Å². The fraction of sp³-hybridized carbons (Fsp3) is 0.500. The third kappa shape index (κ3) is 2.66. The van der Waals surface area contributed by atoms with E-state index < -0.39 is 5.91 Å². The lowest BCUT2D eigenvalue weighted by molar-refractivity contribution is -0.116. The highest BCUT2D eigenvalue weighted by molar-refractivity contribution is 5.78. The van der Waals surface area contributed by atoms with Crippen molar-refractivity contribution < 1.29 is 9.53 Å². The van der Waals surface area contributed by atoms with Gasteiger partial charge in [-0.15, -0.1) is 0 Å². The lowest BCUT2D eigenvalue weighted by Crippen LogP contribution is -2.22. The van der Waals surface area contributed by atoms with Crippen LogP contribution in [0.25, 0.3) is 0 Å². The van der Waals surface area contributed by atoms with Crippen molar-refractivity contribution in [3.63, 3.8) is 0 Å². The molecule has 1 saturated heterocycles. The van der Waals surface area contributed by atoms with Gasteiger partial charge in [0.05, 0.1) is 18.3 Å². The zero-order chi connectivity index (χ0) is 11.4. The fourth-order valence-electron chi connectivity index (χ4n) is 1.63. The summed E-state index contributed by atoms with van der Waals surface area (Å²) in [5.74, 6) is 0.177. The molecule has 0 spiro atoms. The average Bonchev–Trinajstić information content (AvgIpc) is 2.80. The van der Waals surface area contributed by atoms with Crippen LogP contribution >= 0.6 is 0 Å². The van der Waals surface area contributed by atoms with Gasteiger partial charge in [0, 0.05) is 12.7 Å². The smallest absolute Gasteiger partial charge is 0.236 e. The molecule has 3 N–H and O–H groups in total. The second-order valence-corrected chi connectivity index (χ2v) is 3.65. The molecule has 1 aliphatic heterocycles. The van der Waals surface area contributed by atoms with Crippen LogP contribution in [0.2, 0.25) is 0 Å². The number of ether oxygens (including phenoxy) is 1. The zero-order valence-corrected chi connectivity index (χ0v) is 8.85. The quantitative estimate of drug-likeness (QED) is 0.760. The Morgan fingerprint density at radius 1 is 1.62 bits per heavy atom. The molecule has 1 atom stereocenters. The second-order valence-electron chi connectivity index (χ2n) is 3.65. The molecule has 1 aromatic rings. The number of aromatic nitrogens is 2. The summed E-state index contributed by atoms with van der Waals surface area (Å²) >= 11 is 0. The number of hydrogen-bond donors (Lipinski definition) is 2. The van der Waals surface area contributed by atoms with E-state index in [0.717, 1.165) is 25.1 Å². The molecule has 0 radical (unpaired) electrons. The van der Waals surface area contributed by atoms with Gasteiger partial charge in [-0.3, -0.25) is 4.79 Å². The van der Waals surface area contributed by atoms with Gasteiger partial charge in [-0.25, -0.2) is 9.97 Å². The number of anilines is 1. The van der Waals surface area contributed by atoms with Crippen molar-refractivity contribution in [3.05, 3.63) is 18.1 Å². The van der Waals surface area contributed by atoms with E-state index >= 15 is 0 Å². The number of rotatable bonds is 4. The Morgan fingerprint density at radius 3 is 3.19 bits per heavy atom. The van der Waals surface area contributed by atoms with Crippen LogP contribution in [-0.4, -0.2) is 29.0 Å². The van der Waals surface area contributed by atoms with E-state index in [-0.39, 0.29) is 12.6 Å². The van der Waals surface area contributed by atoms with Crippen molar-refractivity contribution in [1.82, 2.24) is 9.97 Å². The molecule has 1 aromatic heterocycles. The highest BCUT2D eigenvalue weighted by Gasteiger charge is 2.19. The number of hydrogen-bond acceptors (Lipinski definition) is 5. The Labute approximate surface area is 93.2 Å². The number of carbonyl (C=O) groups excluding carboxylic acids is 1. The predicted octanol–water partition coefficient (Wildman–Crippen LogP) is 0.225. The van der Waals surface area contributed by atoms with Crippen molar-refractivity contribution in [1.29, 1.82) is 0 Å². The van der Waals surface area contributed by atoms with Gasteiger partial charge in [0.2, 0.25) is 5.91 Å². The minimum Gasteiger partial charge on any atom is -0.372 e. The van der Waals surface area contributed by atoms with Gasteiger partial charge in [0.25, 0.3) is 0 Å². The lowest BCUT2D eigenvalue weighted by Gasteiger charge is -2.09. The Bertz CT molecular complexity index is 377. The second kappa shape index (κ2) is 4.89. The molecule has 1 amide bonds. The number of nitrogens with one attached hydrogen (secondary N) is 1. The third-order valence-corrected chi connectivity index (χ3v) is 2.39. The van der Waals surface area contributed by atoms with E-state index in [2.05, 4.69) is 15.3 Å². The first-order chi connectivity index (χ1) is 7.75. The maximum atomic E-state index is 10.6. The maximum Gasteiger partial charge on any atom is 0.236 e. The first-order valence-electron chi connectivity index (χ1n) is 5.21. The first-order valence-corrected chi connectivity index (χ1v) is 5.21. The summed E-state index contributed by atoms with van der Waals surface area (Å²) in [6.45, 7) is 0.848. The molecule has 0 bridgehead atoms. The standard InChI is InChI=1S/C10H14N4O2/c11-9(15)5-12-10-4-7(13-6-14-10)8-2-1-3-16-8/h4,6,8H,1-3,5H2,(H2,11,15)(H,12,13,14). The van der Waals surface area contributed by atoms with Crippen molar-refractivity contribution in [2.45, 2.75) is 18.9 Å². The molecule has 6 heteroatoms. The average molecular weight is 222 g/mol. The van der Waals surface area contributed by atoms with Gasteiger partial charge in [-0.1, -0.05) is 0 Å². The minimum absolute atomic E-state index is 0.0529. The lowest BCUT2D eigenvalue weighted by atomic mass is 10.2. The molecule has 1 aliphatic rings. The molecule has 16 heavy (non-hydrogen) atoms. The van der Waals surface area contributed by atoms with Gasteiger partial charge >= 0.3 is 0 Å². The first kappa shape index (κ1) is 10.8. The highest BCUT2D eigenvalue weighted by Crippen LogP contribution is 2.27. The maximum absolute atomic E-state index is 10.6. The fourth-order valence-corrected chi connectivity index (χ4v) is 1.63. The van der Waals surface area contributed by atoms with Crippen molar-refractivity contribution in [2.75, 3.05) is 18.5 Å². The molecule has 0 saturated carbocycles. The summed E-state index contributed by atoms with van der Waals surface area (Å²) in [6, 6.07) is 1.79. The van der Waals surface area contributed by atoms with Gasteiger partial charge in [0.1, 0.15) is 12.1 Å². The molecule has 6 nitrogen and oxygen atoms in total. The van der Waals surface area contributed by atoms with Gasteiger partial charge < -0.3 is 15.8 Å². The Hall–Kier alpha value is -1.69. The normalized spacial score (nSPS) is 19.6. The van der Waals surface area contributed by atoms with Crippen LogP contribution in [0.3, 0.4) is 0 Å². The Kier molecular flexibility index (Phi) is 3.31. The molecule has 0 aromatic carbocycles. The van der Waals surface area contributed by atoms with Crippen molar-refractivity contribution in [2.24, 2.45) is 5.73 Å². The number of primary amides is 1. The Balaban J connectivity index is 2.03. The third-order valence-electron chi connectivity index (χ3n) is 2.39. The van der Waals surface area contributed by atoms with E-state index in [4.69, 9.17) is 10.5 Å². The minimum atomic E-state index is -0.419. The number of nitrogens with two attached hydrogens (primary N) is 1. The molecule has 0 aliphatic carbocycles. The van der Waals surface area contributed by atoms with Crippen LogP contribution in [-0.2, 0) is 9.53 Å². The van der Waals surface area contributed by atoms with E-state index in [1.54, 1.807) is 6.07 Å². The largest absolute Gasteiger partial charge is 0.372 e. The molecule has 2 rings (SSSR count). The Morgan fingerprint density at radius 2 is 2.50 bits per heavy atom. The summed E-state index contributed by atoms with van der Waals surface area (Å²) in [6.07, 6.45) is 3.54. The number of amides is 1. The van der Waals surface area contributed by atoms with Gasteiger partial charge in [-0.2, -0.15) is 0 Å². The van der Waals surface area contributed by atoms with Crippen LogP contribution in [0, 0.1) is 0 Å². The topological polar surface area (TPSA) is 90.1 Å². The molecule has 86 valence electrons. The molecular weight excluding hydrogens is 208 g/mol. The summed E-state index contributed by atoms with van der Waals surface area (Å²) in [5, 5.41) is 2.83. The summed E-state index contributed by atoms with van der Waals surface area (Å²) in [4.78, 5) is 18.8. The van der Waals surface area contributed by atoms with Gasteiger partial charge in [0.15, 0.2) is 0 Å². The molecular formula is C10H14N4O2. The van der Waals surface area contributed by atoms with E-state index in [1.165, 1.54) is 6.33 Å². The van der Waals surface area contributed by atoms with Gasteiger partial charge in [-0.05, 0) is 12.8 Å². The van der Waals surface area contributed by atoms with Crippen LogP contribution in [0.4, 0.5) is 5.82 Å². The van der Waals surface area contributed by atoms with Crippen LogP contribution in [0.5, 0.6) is 0 Å². The predicted molar refractivity (Wildman–Crippen MR) is 57.6 cm³/mol. The van der Waals surface area contributed by atoms with Crippen LogP contribution < -0.4 is 11.1 Å². The molecule has 2 heterocycles. The monoisotopic (exact) mass is 222 g/mol. The van der Waals surface area contributed by atoms with E-state index in [9.17, 15) is 4.79 Å².